The van der Waals surface area contributed by atoms with Gasteiger partial charge in [-0.3, -0.25) is 0 Å². The third kappa shape index (κ3) is 4.05. The first kappa shape index (κ1) is 15.6. The molecule has 0 radical (unpaired) electrons. The highest BCUT2D eigenvalue weighted by molar-refractivity contribution is 9.10. The predicted octanol–water partition coefficient (Wildman–Crippen LogP) is 2.16. The van der Waals surface area contributed by atoms with Crippen molar-refractivity contribution in [2.24, 2.45) is 5.73 Å². The number of halogens is 1. The molecule has 1 rings (SSSR count). The summed E-state index contributed by atoms with van der Waals surface area (Å²) in [5.41, 5.74) is 6.57. The predicted molar refractivity (Wildman–Crippen MR) is 77.0 cm³/mol. The van der Waals surface area contributed by atoms with E-state index in [4.69, 9.17) is 5.73 Å². The van der Waals surface area contributed by atoms with E-state index in [1.807, 2.05) is 13.8 Å². The number of aryl methyl sites for hydroxylation is 1. The van der Waals surface area contributed by atoms with Crippen molar-refractivity contribution in [2.45, 2.75) is 37.6 Å². The van der Waals surface area contributed by atoms with Crippen molar-refractivity contribution in [3.8, 4) is 0 Å². The van der Waals surface area contributed by atoms with Gasteiger partial charge in [0.05, 0.1) is 4.90 Å². The SMILES string of the molecule is CCCC(CN)NS(=O)(=O)c1ccc(C)cc1Br. The Kier molecular flexibility index (Phi) is 5.78. The van der Waals surface area contributed by atoms with E-state index in [2.05, 4.69) is 20.7 Å². The normalized spacial score (nSPS) is 13.6. The number of hydrogen-bond donors (Lipinski definition) is 2. The number of rotatable bonds is 6. The minimum atomic E-state index is -3.52. The quantitative estimate of drug-likeness (QED) is 0.837. The molecule has 0 amide bonds. The van der Waals surface area contributed by atoms with Crippen LogP contribution in [-0.2, 0) is 10.0 Å². The molecule has 3 N–H and O–H groups in total. The number of hydrogen-bond acceptors (Lipinski definition) is 3. The first-order valence-electron chi connectivity index (χ1n) is 5.89. The first-order valence-corrected chi connectivity index (χ1v) is 8.17. The zero-order chi connectivity index (χ0) is 13.8. The van der Waals surface area contributed by atoms with Gasteiger partial charge >= 0.3 is 0 Å². The van der Waals surface area contributed by atoms with Crippen LogP contribution >= 0.6 is 15.9 Å². The van der Waals surface area contributed by atoms with Crippen LogP contribution in [0.1, 0.15) is 25.3 Å². The molecule has 0 saturated heterocycles. The Balaban J connectivity index is 2.99. The summed E-state index contributed by atoms with van der Waals surface area (Å²) in [7, 11) is -3.52. The smallest absolute Gasteiger partial charge is 0.241 e. The van der Waals surface area contributed by atoms with Crippen LogP contribution in [0.15, 0.2) is 27.6 Å². The van der Waals surface area contributed by atoms with Crippen molar-refractivity contribution < 1.29 is 8.42 Å². The Bertz CT molecular complexity index is 503. The minimum absolute atomic E-state index is 0.215. The van der Waals surface area contributed by atoms with Crippen molar-refractivity contribution in [3.63, 3.8) is 0 Å². The molecule has 0 spiro atoms. The summed E-state index contributed by atoms with van der Waals surface area (Å²) in [6.45, 7) is 4.21. The maximum atomic E-state index is 12.2. The fraction of sp³-hybridized carbons (Fsp3) is 0.500. The van der Waals surface area contributed by atoms with E-state index in [1.54, 1.807) is 18.2 Å². The molecule has 0 aliphatic rings. The molecule has 6 heteroatoms. The topological polar surface area (TPSA) is 72.2 Å². The van der Waals surface area contributed by atoms with Crippen molar-refractivity contribution >= 4 is 26.0 Å². The average molecular weight is 335 g/mol. The molecule has 0 heterocycles. The van der Waals surface area contributed by atoms with Crippen LogP contribution in [0.25, 0.3) is 0 Å². The highest BCUT2D eigenvalue weighted by atomic mass is 79.9. The molecule has 1 aromatic carbocycles. The highest BCUT2D eigenvalue weighted by Gasteiger charge is 2.21. The van der Waals surface area contributed by atoms with Crippen LogP contribution in [0, 0.1) is 6.92 Å². The molecule has 18 heavy (non-hydrogen) atoms. The maximum absolute atomic E-state index is 12.2. The molecule has 0 fully saturated rings. The van der Waals surface area contributed by atoms with E-state index < -0.39 is 10.0 Å². The number of benzene rings is 1. The lowest BCUT2D eigenvalue weighted by Gasteiger charge is -2.16. The average Bonchev–Trinajstić information content (AvgIpc) is 2.27. The van der Waals surface area contributed by atoms with Crippen LogP contribution in [0.4, 0.5) is 0 Å². The molecule has 1 atom stereocenters. The van der Waals surface area contributed by atoms with E-state index in [0.29, 0.717) is 11.0 Å². The lowest BCUT2D eigenvalue weighted by Crippen LogP contribution is -2.40. The Morgan fingerprint density at radius 3 is 2.61 bits per heavy atom. The van der Waals surface area contributed by atoms with Gasteiger partial charge in [-0.05, 0) is 47.0 Å². The Hall–Kier alpha value is -0.430. The Morgan fingerprint density at radius 1 is 1.44 bits per heavy atom. The Morgan fingerprint density at radius 2 is 2.11 bits per heavy atom. The van der Waals surface area contributed by atoms with E-state index in [1.165, 1.54) is 0 Å². The van der Waals surface area contributed by atoms with Crippen LogP contribution in [0.3, 0.4) is 0 Å². The standard InChI is InChI=1S/C12H19BrN2O2S/c1-3-4-10(8-14)15-18(16,17)12-6-5-9(2)7-11(12)13/h5-7,10,15H,3-4,8,14H2,1-2H3. The second-order valence-electron chi connectivity index (χ2n) is 4.28. The molecule has 1 aromatic rings. The lowest BCUT2D eigenvalue weighted by molar-refractivity contribution is 0.527. The minimum Gasteiger partial charge on any atom is -0.329 e. The van der Waals surface area contributed by atoms with Crippen molar-refractivity contribution in [2.75, 3.05) is 6.54 Å². The molecular weight excluding hydrogens is 316 g/mol. The van der Waals surface area contributed by atoms with Crippen LogP contribution in [0.5, 0.6) is 0 Å². The molecule has 0 aliphatic carbocycles. The van der Waals surface area contributed by atoms with Crippen molar-refractivity contribution in [1.29, 1.82) is 0 Å². The summed E-state index contributed by atoms with van der Waals surface area (Å²) in [4.78, 5) is 0.252. The third-order valence-electron chi connectivity index (χ3n) is 2.62. The zero-order valence-corrected chi connectivity index (χ0v) is 13.0. The summed E-state index contributed by atoms with van der Waals surface area (Å²) in [6.07, 6.45) is 1.62. The van der Waals surface area contributed by atoms with Crippen LogP contribution in [-0.4, -0.2) is 21.0 Å². The van der Waals surface area contributed by atoms with Gasteiger partial charge < -0.3 is 5.73 Å². The van der Waals surface area contributed by atoms with Gasteiger partial charge in [-0.25, -0.2) is 13.1 Å². The van der Waals surface area contributed by atoms with E-state index in [0.717, 1.165) is 18.4 Å². The molecular formula is C12H19BrN2O2S. The van der Waals surface area contributed by atoms with Gasteiger partial charge in [-0.15, -0.1) is 0 Å². The second-order valence-corrected chi connectivity index (χ2v) is 6.81. The third-order valence-corrected chi connectivity index (χ3v) is 5.12. The summed E-state index contributed by atoms with van der Waals surface area (Å²) in [5, 5.41) is 0. The summed E-state index contributed by atoms with van der Waals surface area (Å²) < 4.78 is 27.6. The van der Waals surface area contributed by atoms with Gasteiger partial charge in [0.2, 0.25) is 10.0 Å². The van der Waals surface area contributed by atoms with Gasteiger partial charge in [-0.1, -0.05) is 19.4 Å². The molecule has 1 unspecified atom stereocenters. The fourth-order valence-electron chi connectivity index (χ4n) is 1.68. The fourth-order valence-corrected chi connectivity index (χ4v) is 4.16. The van der Waals surface area contributed by atoms with Crippen LogP contribution < -0.4 is 10.5 Å². The largest absolute Gasteiger partial charge is 0.329 e. The first-order chi connectivity index (χ1) is 8.40. The number of nitrogens with one attached hydrogen (secondary N) is 1. The van der Waals surface area contributed by atoms with Crippen molar-refractivity contribution in [1.82, 2.24) is 4.72 Å². The molecule has 0 bridgehead atoms. The second kappa shape index (κ2) is 6.65. The van der Waals surface area contributed by atoms with Crippen molar-refractivity contribution in [3.05, 3.63) is 28.2 Å². The zero-order valence-electron chi connectivity index (χ0n) is 10.6. The van der Waals surface area contributed by atoms with E-state index in [9.17, 15) is 8.42 Å². The molecule has 0 aromatic heterocycles. The van der Waals surface area contributed by atoms with E-state index >= 15 is 0 Å². The summed E-state index contributed by atoms with van der Waals surface area (Å²) in [6, 6.07) is 4.94. The molecule has 0 aliphatic heterocycles. The van der Waals surface area contributed by atoms with Gasteiger partial charge in [0.1, 0.15) is 0 Å². The van der Waals surface area contributed by atoms with Gasteiger partial charge in [0.25, 0.3) is 0 Å². The van der Waals surface area contributed by atoms with E-state index in [-0.39, 0.29) is 10.9 Å². The summed E-state index contributed by atoms with van der Waals surface area (Å²) >= 11 is 3.28. The molecule has 102 valence electrons. The Labute approximate surface area is 117 Å². The van der Waals surface area contributed by atoms with Gasteiger partial charge in [0.15, 0.2) is 0 Å². The number of nitrogens with two attached hydrogens (primary N) is 1. The molecule has 4 nitrogen and oxygen atoms in total. The van der Waals surface area contributed by atoms with Gasteiger partial charge in [0, 0.05) is 17.1 Å². The monoisotopic (exact) mass is 334 g/mol. The highest BCUT2D eigenvalue weighted by Crippen LogP contribution is 2.23. The maximum Gasteiger partial charge on any atom is 0.241 e. The van der Waals surface area contributed by atoms with Gasteiger partial charge in [-0.2, -0.15) is 0 Å². The molecule has 0 saturated carbocycles. The lowest BCUT2D eigenvalue weighted by atomic mass is 10.2. The summed E-state index contributed by atoms with van der Waals surface area (Å²) in [5.74, 6) is 0. The number of sulfonamides is 1. The van der Waals surface area contributed by atoms with Crippen LogP contribution in [0.2, 0.25) is 0 Å².